The summed E-state index contributed by atoms with van der Waals surface area (Å²) in [5, 5.41) is 3.58. The van der Waals surface area contributed by atoms with E-state index in [9.17, 15) is 0 Å². The molecule has 1 aromatic rings. The molecule has 2 rings (SSSR count). The number of aromatic nitrogens is 1. The summed E-state index contributed by atoms with van der Waals surface area (Å²) in [5.41, 5.74) is 1.41. The van der Waals surface area contributed by atoms with E-state index in [1.165, 1.54) is 5.56 Å². The van der Waals surface area contributed by atoms with E-state index in [1.807, 2.05) is 0 Å². The Labute approximate surface area is 123 Å². The molecule has 1 fully saturated rings. The van der Waals surface area contributed by atoms with E-state index in [-0.39, 0.29) is 0 Å². The molecule has 0 aliphatic carbocycles. The Morgan fingerprint density at radius 3 is 2.65 bits per heavy atom. The van der Waals surface area contributed by atoms with Gasteiger partial charge in [-0.15, -0.1) is 0 Å². The van der Waals surface area contributed by atoms with Gasteiger partial charge in [-0.3, -0.25) is 4.90 Å². The molecule has 4 heteroatoms. The summed E-state index contributed by atoms with van der Waals surface area (Å²) >= 11 is 0. The molecular weight excluding hydrogens is 250 g/mol. The molecule has 1 N–H and O–H groups in total. The predicted molar refractivity (Wildman–Crippen MR) is 82.9 cm³/mol. The summed E-state index contributed by atoms with van der Waals surface area (Å²) in [5.74, 6) is 0.616. The fourth-order valence-corrected chi connectivity index (χ4v) is 2.82. The molecule has 1 aliphatic rings. The summed E-state index contributed by atoms with van der Waals surface area (Å²) in [6.45, 7) is 13.8. The van der Waals surface area contributed by atoms with Crippen molar-refractivity contribution in [3.8, 4) is 0 Å². The highest BCUT2D eigenvalue weighted by molar-refractivity contribution is 5.16. The minimum Gasteiger partial charge on any atom is -0.379 e. The van der Waals surface area contributed by atoms with E-state index >= 15 is 0 Å². The fourth-order valence-electron chi connectivity index (χ4n) is 2.82. The first kappa shape index (κ1) is 15.5. The van der Waals surface area contributed by atoms with Crippen LogP contribution in [0.5, 0.6) is 0 Å². The van der Waals surface area contributed by atoms with Crippen LogP contribution in [0.3, 0.4) is 0 Å². The van der Waals surface area contributed by atoms with Crippen LogP contribution in [0.2, 0.25) is 0 Å². The van der Waals surface area contributed by atoms with Crippen LogP contribution in [0.1, 0.15) is 32.4 Å². The van der Waals surface area contributed by atoms with Crippen LogP contribution in [-0.4, -0.2) is 48.9 Å². The minimum atomic E-state index is 0.463. The van der Waals surface area contributed by atoms with Gasteiger partial charge in [-0.05, 0) is 24.1 Å². The molecule has 0 saturated carbocycles. The number of ether oxygens (including phenoxy) is 1. The standard InChI is InChI=1S/C16H29N3O/c1-4-17-16(14(2)3)15-5-6-19(13-15)8-7-18-9-11-20-12-10-18/h5-6,13-14,16-17H,4,7-12H2,1-3H3. The van der Waals surface area contributed by atoms with Crippen LogP contribution in [0.15, 0.2) is 18.5 Å². The number of nitrogens with one attached hydrogen (secondary N) is 1. The van der Waals surface area contributed by atoms with Gasteiger partial charge >= 0.3 is 0 Å². The molecule has 0 bridgehead atoms. The second-order valence-corrected chi connectivity index (χ2v) is 5.92. The molecule has 20 heavy (non-hydrogen) atoms. The normalized spacial score (nSPS) is 18.6. The van der Waals surface area contributed by atoms with Crippen molar-refractivity contribution in [2.75, 3.05) is 39.4 Å². The third-order valence-corrected chi connectivity index (χ3v) is 4.00. The van der Waals surface area contributed by atoms with Gasteiger partial charge in [0.2, 0.25) is 0 Å². The number of hydrogen-bond acceptors (Lipinski definition) is 3. The second kappa shape index (κ2) is 7.81. The molecule has 2 heterocycles. The van der Waals surface area contributed by atoms with Gasteiger partial charge in [0.05, 0.1) is 13.2 Å². The highest BCUT2D eigenvalue weighted by Gasteiger charge is 2.16. The van der Waals surface area contributed by atoms with E-state index < -0.39 is 0 Å². The van der Waals surface area contributed by atoms with Gasteiger partial charge < -0.3 is 14.6 Å². The van der Waals surface area contributed by atoms with Crippen LogP contribution < -0.4 is 5.32 Å². The number of morpholine rings is 1. The van der Waals surface area contributed by atoms with Gasteiger partial charge in [0.25, 0.3) is 0 Å². The molecule has 1 aliphatic heterocycles. The molecule has 0 radical (unpaired) electrons. The molecule has 1 saturated heterocycles. The Kier molecular flexibility index (Phi) is 6.07. The maximum Gasteiger partial charge on any atom is 0.0594 e. The van der Waals surface area contributed by atoms with Gasteiger partial charge in [0.15, 0.2) is 0 Å². The van der Waals surface area contributed by atoms with Crippen LogP contribution in [0, 0.1) is 5.92 Å². The van der Waals surface area contributed by atoms with Crippen LogP contribution in [-0.2, 0) is 11.3 Å². The lowest BCUT2D eigenvalue weighted by atomic mass is 9.98. The zero-order chi connectivity index (χ0) is 14.4. The lowest BCUT2D eigenvalue weighted by Crippen LogP contribution is -2.38. The monoisotopic (exact) mass is 279 g/mol. The Hall–Kier alpha value is -0.840. The van der Waals surface area contributed by atoms with Crippen molar-refractivity contribution >= 4 is 0 Å². The van der Waals surface area contributed by atoms with Crippen molar-refractivity contribution < 1.29 is 4.74 Å². The second-order valence-electron chi connectivity index (χ2n) is 5.92. The van der Waals surface area contributed by atoms with E-state index in [2.05, 4.69) is 54.0 Å². The molecule has 0 spiro atoms. The van der Waals surface area contributed by atoms with Gasteiger partial charge in [-0.2, -0.15) is 0 Å². The Morgan fingerprint density at radius 2 is 2.00 bits per heavy atom. The predicted octanol–water partition coefficient (Wildman–Crippen LogP) is 2.13. The number of rotatable bonds is 7. The molecule has 1 atom stereocenters. The van der Waals surface area contributed by atoms with Gasteiger partial charge in [-0.1, -0.05) is 20.8 Å². The summed E-state index contributed by atoms with van der Waals surface area (Å²) in [4.78, 5) is 2.48. The SMILES string of the molecule is CCNC(c1ccn(CCN2CCOCC2)c1)C(C)C. The third kappa shape index (κ3) is 4.33. The third-order valence-electron chi connectivity index (χ3n) is 4.00. The molecule has 0 amide bonds. The van der Waals surface area contributed by atoms with E-state index in [1.54, 1.807) is 0 Å². The van der Waals surface area contributed by atoms with E-state index in [0.29, 0.717) is 12.0 Å². The molecule has 4 nitrogen and oxygen atoms in total. The Morgan fingerprint density at radius 1 is 1.25 bits per heavy atom. The van der Waals surface area contributed by atoms with Crippen LogP contribution in [0.4, 0.5) is 0 Å². The summed E-state index contributed by atoms with van der Waals surface area (Å²) in [6.07, 6.45) is 4.51. The molecule has 0 aromatic carbocycles. The quantitative estimate of drug-likeness (QED) is 0.829. The smallest absolute Gasteiger partial charge is 0.0594 e. The lowest BCUT2D eigenvalue weighted by molar-refractivity contribution is 0.0364. The maximum atomic E-state index is 5.38. The fraction of sp³-hybridized carbons (Fsp3) is 0.750. The first-order chi connectivity index (χ1) is 9.70. The largest absolute Gasteiger partial charge is 0.379 e. The molecular formula is C16H29N3O. The topological polar surface area (TPSA) is 29.4 Å². The van der Waals surface area contributed by atoms with Crippen molar-refractivity contribution in [3.63, 3.8) is 0 Å². The Balaban J connectivity index is 1.87. The van der Waals surface area contributed by atoms with Crippen LogP contribution >= 0.6 is 0 Å². The zero-order valence-corrected chi connectivity index (χ0v) is 13.1. The summed E-state index contributed by atoms with van der Waals surface area (Å²) in [7, 11) is 0. The van der Waals surface area contributed by atoms with Crippen molar-refractivity contribution in [3.05, 3.63) is 24.0 Å². The first-order valence-electron chi connectivity index (χ1n) is 7.90. The summed E-state index contributed by atoms with van der Waals surface area (Å²) in [6, 6.07) is 2.72. The Bertz CT molecular complexity index is 383. The summed E-state index contributed by atoms with van der Waals surface area (Å²) < 4.78 is 7.70. The van der Waals surface area contributed by atoms with Gasteiger partial charge in [0.1, 0.15) is 0 Å². The van der Waals surface area contributed by atoms with Gasteiger partial charge in [0, 0.05) is 44.6 Å². The zero-order valence-electron chi connectivity index (χ0n) is 13.1. The number of nitrogens with zero attached hydrogens (tertiary/aromatic N) is 2. The van der Waals surface area contributed by atoms with E-state index in [4.69, 9.17) is 4.74 Å². The van der Waals surface area contributed by atoms with Crippen molar-refractivity contribution in [2.45, 2.75) is 33.4 Å². The average Bonchev–Trinajstić information content (AvgIpc) is 2.92. The minimum absolute atomic E-state index is 0.463. The lowest BCUT2D eigenvalue weighted by Gasteiger charge is -2.26. The maximum absolute atomic E-state index is 5.38. The van der Waals surface area contributed by atoms with Crippen molar-refractivity contribution in [1.29, 1.82) is 0 Å². The molecule has 114 valence electrons. The van der Waals surface area contributed by atoms with Crippen LogP contribution in [0.25, 0.3) is 0 Å². The van der Waals surface area contributed by atoms with Gasteiger partial charge in [-0.25, -0.2) is 0 Å². The number of hydrogen-bond donors (Lipinski definition) is 1. The van der Waals surface area contributed by atoms with E-state index in [0.717, 1.165) is 45.9 Å². The first-order valence-corrected chi connectivity index (χ1v) is 7.90. The highest BCUT2D eigenvalue weighted by Crippen LogP contribution is 2.21. The van der Waals surface area contributed by atoms with Crippen molar-refractivity contribution in [1.82, 2.24) is 14.8 Å². The van der Waals surface area contributed by atoms with Crippen molar-refractivity contribution in [2.24, 2.45) is 5.92 Å². The highest BCUT2D eigenvalue weighted by atomic mass is 16.5. The average molecular weight is 279 g/mol. The molecule has 1 aromatic heterocycles. The molecule has 1 unspecified atom stereocenters.